The van der Waals surface area contributed by atoms with Gasteiger partial charge in [0.2, 0.25) is 5.91 Å². The van der Waals surface area contributed by atoms with Crippen LogP contribution in [0.5, 0.6) is 11.5 Å². The van der Waals surface area contributed by atoms with Crippen molar-refractivity contribution in [2.24, 2.45) is 0 Å². The van der Waals surface area contributed by atoms with Gasteiger partial charge in [-0.2, -0.15) is 5.10 Å². The number of carbonyl (C=O) groups excluding carboxylic acids is 1. The van der Waals surface area contributed by atoms with Crippen LogP contribution in [0.25, 0.3) is 0 Å². The number of ether oxygens (including phenoxy) is 2. The van der Waals surface area contributed by atoms with Crippen LogP contribution in [0.4, 0.5) is 0 Å². The summed E-state index contributed by atoms with van der Waals surface area (Å²) >= 11 is 0. The normalized spacial score (nSPS) is 11.9. The molecule has 25 heavy (non-hydrogen) atoms. The Labute approximate surface area is 149 Å². The second kappa shape index (κ2) is 8.05. The third-order valence-corrected chi connectivity index (χ3v) is 4.59. The molecule has 1 amide bonds. The highest BCUT2D eigenvalue weighted by molar-refractivity contribution is 5.76. The molecule has 0 radical (unpaired) electrons. The molecule has 0 saturated carbocycles. The summed E-state index contributed by atoms with van der Waals surface area (Å²) in [6.07, 6.45) is 0.775. The molecule has 6 heteroatoms. The number of nitrogens with zero attached hydrogens (tertiary/aromatic N) is 2. The second-order valence-electron chi connectivity index (χ2n) is 6.10. The lowest BCUT2D eigenvalue weighted by atomic mass is 10.0. The molecule has 0 bridgehead atoms. The van der Waals surface area contributed by atoms with Gasteiger partial charge in [0, 0.05) is 5.69 Å². The molecule has 0 saturated heterocycles. The molecule has 1 N–H and O–H groups in total. The Kier molecular flexibility index (Phi) is 6.07. The van der Waals surface area contributed by atoms with Gasteiger partial charge in [0.25, 0.3) is 0 Å². The molecule has 0 fully saturated rings. The molecule has 0 spiro atoms. The van der Waals surface area contributed by atoms with E-state index in [4.69, 9.17) is 9.47 Å². The molecule has 0 aliphatic rings. The van der Waals surface area contributed by atoms with Gasteiger partial charge >= 0.3 is 0 Å². The summed E-state index contributed by atoms with van der Waals surface area (Å²) in [4.78, 5) is 12.5. The van der Waals surface area contributed by atoms with E-state index in [0.29, 0.717) is 11.5 Å². The fraction of sp³-hybridized carbons (Fsp3) is 0.474. The molecule has 136 valence electrons. The summed E-state index contributed by atoms with van der Waals surface area (Å²) in [7, 11) is 3.21. The zero-order valence-corrected chi connectivity index (χ0v) is 15.8. The van der Waals surface area contributed by atoms with Crippen molar-refractivity contribution in [3.8, 4) is 11.5 Å². The van der Waals surface area contributed by atoms with Crippen molar-refractivity contribution in [3.05, 3.63) is 40.7 Å². The first-order valence-electron chi connectivity index (χ1n) is 8.43. The number of aromatic nitrogens is 2. The van der Waals surface area contributed by atoms with E-state index < -0.39 is 0 Å². The number of carbonyl (C=O) groups is 1. The lowest BCUT2D eigenvalue weighted by molar-refractivity contribution is -0.122. The number of aryl methyl sites for hydroxylation is 1. The molecule has 2 aromatic rings. The summed E-state index contributed by atoms with van der Waals surface area (Å²) < 4.78 is 12.4. The van der Waals surface area contributed by atoms with Gasteiger partial charge in [0.15, 0.2) is 11.5 Å². The van der Waals surface area contributed by atoms with E-state index in [2.05, 4.69) is 10.4 Å². The number of rotatable bonds is 7. The first-order chi connectivity index (χ1) is 11.9. The maximum Gasteiger partial charge on any atom is 0.242 e. The summed E-state index contributed by atoms with van der Waals surface area (Å²) in [5.74, 6) is 1.26. The van der Waals surface area contributed by atoms with E-state index in [1.54, 1.807) is 18.9 Å². The Morgan fingerprint density at radius 1 is 1.20 bits per heavy atom. The van der Waals surface area contributed by atoms with Crippen LogP contribution in [0.1, 0.15) is 41.9 Å². The smallest absolute Gasteiger partial charge is 0.242 e. The van der Waals surface area contributed by atoms with Gasteiger partial charge in [-0.1, -0.05) is 13.0 Å². The van der Waals surface area contributed by atoms with Gasteiger partial charge in [-0.05, 0) is 50.5 Å². The van der Waals surface area contributed by atoms with Crippen molar-refractivity contribution < 1.29 is 14.3 Å². The minimum absolute atomic E-state index is 0.0627. The summed E-state index contributed by atoms with van der Waals surface area (Å²) in [6.45, 7) is 8.20. The van der Waals surface area contributed by atoms with Gasteiger partial charge in [0.05, 0.1) is 26.0 Å². The highest BCUT2D eigenvalue weighted by atomic mass is 16.5. The highest BCUT2D eigenvalue weighted by Crippen LogP contribution is 2.30. The maximum atomic E-state index is 12.5. The van der Waals surface area contributed by atoms with Crippen molar-refractivity contribution in [1.29, 1.82) is 0 Å². The number of methoxy groups -OCH3 is 2. The van der Waals surface area contributed by atoms with Crippen LogP contribution in [0, 0.1) is 20.8 Å². The maximum absolute atomic E-state index is 12.5. The largest absolute Gasteiger partial charge is 0.493 e. The lowest BCUT2D eigenvalue weighted by Crippen LogP contribution is -2.32. The van der Waals surface area contributed by atoms with E-state index in [9.17, 15) is 4.79 Å². The van der Waals surface area contributed by atoms with Gasteiger partial charge < -0.3 is 14.8 Å². The topological polar surface area (TPSA) is 65.4 Å². The minimum Gasteiger partial charge on any atom is -0.493 e. The van der Waals surface area contributed by atoms with Gasteiger partial charge in [0.1, 0.15) is 6.54 Å². The van der Waals surface area contributed by atoms with Crippen molar-refractivity contribution in [1.82, 2.24) is 15.1 Å². The SMILES string of the molecule is CCC(NC(=O)Cn1nc(C)c(C)c1C)c1ccc(OC)c(OC)c1. The van der Waals surface area contributed by atoms with Crippen molar-refractivity contribution in [2.45, 2.75) is 46.7 Å². The van der Waals surface area contributed by atoms with Crippen molar-refractivity contribution in [2.75, 3.05) is 14.2 Å². The minimum atomic E-state index is -0.0923. The van der Waals surface area contributed by atoms with E-state index in [1.165, 1.54) is 0 Å². The number of benzene rings is 1. The molecule has 1 unspecified atom stereocenters. The monoisotopic (exact) mass is 345 g/mol. The van der Waals surface area contributed by atoms with E-state index in [1.807, 2.05) is 45.9 Å². The Bertz CT molecular complexity index is 753. The van der Waals surface area contributed by atoms with Gasteiger partial charge in [-0.15, -0.1) is 0 Å². The average Bonchev–Trinajstić information content (AvgIpc) is 2.85. The van der Waals surface area contributed by atoms with Crippen LogP contribution in [0.3, 0.4) is 0 Å². The third kappa shape index (κ3) is 4.13. The Hall–Kier alpha value is -2.50. The number of hydrogen-bond acceptors (Lipinski definition) is 4. The standard InChI is InChI=1S/C19H27N3O3/c1-7-16(15-8-9-17(24-5)18(10-15)25-6)20-19(23)11-22-14(4)12(2)13(3)21-22/h8-10,16H,7,11H2,1-6H3,(H,20,23). The van der Waals surface area contributed by atoms with Crippen LogP contribution in [-0.4, -0.2) is 29.9 Å². The van der Waals surface area contributed by atoms with Crippen LogP contribution >= 0.6 is 0 Å². The molecule has 1 aromatic carbocycles. The van der Waals surface area contributed by atoms with E-state index in [0.717, 1.165) is 28.9 Å². The first-order valence-corrected chi connectivity index (χ1v) is 8.43. The molecule has 1 atom stereocenters. The number of hydrogen-bond donors (Lipinski definition) is 1. The predicted molar refractivity (Wildman–Crippen MR) is 97.2 cm³/mol. The summed E-state index contributed by atoms with van der Waals surface area (Å²) in [5.41, 5.74) is 4.09. The average molecular weight is 345 g/mol. The zero-order chi connectivity index (χ0) is 18.6. The van der Waals surface area contributed by atoms with Gasteiger partial charge in [-0.25, -0.2) is 0 Å². The summed E-state index contributed by atoms with van der Waals surface area (Å²) in [5, 5.41) is 7.51. The lowest BCUT2D eigenvalue weighted by Gasteiger charge is -2.19. The Balaban J connectivity index is 2.13. The molecule has 6 nitrogen and oxygen atoms in total. The number of amides is 1. The molecule has 0 aliphatic carbocycles. The molecular weight excluding hydrogens is 318 g/mol. The third-order valence-electron chi connectivity index (χ3n) is 4.59. The van der Waals surface area contributed by atoms with Crippen molar-refractivity contribution in [3.63, 3.8) is 0 Å². The van der Waals surface area contributed by atoms with Crippen LogP contribution in [-0.2, 0) is 11.3 Å². The quantitative estimate of drug-likeness (QED) is 0.837. The van der Waals surface area contributed by atoms with E-state index in [-0.39, 0.29) is 18.5 Å². The fourth-order valence-electron chi connectivity index (χ4n) is 2.81. The highest BCUT2D eigenvalue weighted by Gasteiger charge is 2.17. The summed E-state index contributed by atoms with van der Waals surface area (Å²) in [6, 6.07) is 5.61. The predicted octanol–water partition coefficient (Wildman–Crippen LogP) is 3.09. The molecule has 1 heterocycles. The molecule has 2 rings (SSSR count). The van der Waals surface area contributed by atoms with Crippen LogP contribution in [0.15, 0.2) is 18.2 Å². The second-order valence-corrected chi connectivity index (χ2v) is 6.10. The zero-order valence-electron chi connectivity index (χ0n) is 15.8. The molecule has 0 aliphatic heterocycles. The van der Waals surface area contributed by atoms with Crippen molar-refractivity contribution >= 4 is 5.91 Å². The van der Waals surface area contributed by atoms with E-state index >= 15 is 0 Å². The molecule has 1 aromatic heterocycles. The Morgan fingerprint density at radius 2 is 1.88 bits per heavy atom. The van der Waals surface area contributed by atoms with Crippen LogP contribution < -0.4 is 14.8 Å². The van der Waals surface area contributed by atoms with Crippen LogP contribution in [0.2, 0.25) is 0 Å². The molecular formula is C19H27N3O3. The Morgan fingerprint density at radius 3 is 2.40 bits per heavy atom. The van der Waals surface area contributed by atoms with Gasteiger partial charge in [-0.3, -0.25) is 9.48 Å². The number of nitrogens with one attached hydrogen (secondary N) is 1. The fourth-order valence-corrected chi connectivity index (χ4v) is 2.81. The first kappa shape index (κ1) is 18.8.